The fraction of sp³-hybridized carbons (Fsp3) is 0.231. The quantitative estimate of drug-likeness (QED) is 0.173. The van der Waals surface area contributed by atoms with E-state index in [0.717, 1.165) is 6.42 Å². The predicted octanol–water partition coefficient (Wildman–Crippen LogP) is 5.35. The second-order valence-corrected chi connectivity index (χ2v) is 21.0. The maximum atomic E-state index is 2.34. The molecule has 43 heavy (non-hydrogen) atoms. The van der Waals surface area contributed by atoms with Gasteiger partial charge in [0.2, 0.25) is 0 Å². The van der Waals surface area contributed by atoms with Gasteiger partial charge in [0, 0.05) is 0 Å². The fourth-order valence-electron chi connectivity index (χ4n) is 5.30. The number of aryl methyl sites for hydroxylation is 6. The summed E-state index contributed by atoms with van der Waals surface area (Å²) in [6, 6.07) is 35.9. The van der Waals surface area contributed by atoms with Crippen molar-refractivity contribution in [2.24, 2.45) is 0 Å². The van der Waals surface area contributed by atoms with Crippen LogP contribution >= 0.6 is 0 Å². The zero-order chi connectivity index (χ0) is 29.7. The molecule has 0 unspecified atom stereocenters. The van der Waals surface area contributed by atoms with Gasteiger partial charge < -0.3 is 24.8 Å². The first-order valence-corrected chi connectivity index (χ1v) is 20.8. The Hall–Kier alpha value is -2.22. The standard InChI is InChI=1S/C19H19.C18H17.C2H6Si.2ClH.Zr/c1-4-15-11-17-9-14(3)10-18(19(17)12-15)16-7-5-13(2)6-8-16;1-12-4-6-15(7-5-12)17-10-13(2)8-16-9-14(3)11-18(16)17;1-3-2;;;/h5-12H,4H2,1-3H3;4-11H,1-3H3;1-2H3;2*1H;/q2*-1;;;;+2/p-2. The number of halogens is 2. The summed E-state index contributed by atoms with van der Waals surface area (Å²) in [6.45, 7) is 17.6. The Morgan fingerprint density at radius 2 is 0.953 bits per heavy atom. The molecule has 0 radical (unpaired) electrons. The minimum atomic E-state index is 0. The second-order valence-electron chi connectivity index (χ2n) is 11.6. The third-order valence-electron chi connectivity index (χ3n) is 7.27. The van der Waals surface area contributed by atoms with E-state index in [2.05, 4.69) is 152 Å². The average molecular weight is 701 g/mol. The van der Waals surface area contributed by atoms with Crippen LogP contribution in [0.1, 0.15) is 40.3 Å². The molecule has 0 saturated carbocycles. The molecular formula is C39H42Cl2SiZr-2. The molecule has 0 aliphatic carbocycles. The van der Waals surface area contributed by atoms with E-state index >= 15 is 0 Å². The molecule has 0 aliphatic heterocycles. The molecule has 0 aliphatic rings. The van der Waals surface area contributed by atoms with Gasteiger partial charge in [0.25, 0.3) is 0 Å². The van der Waals surface area contributed by atoms with E-state index in [1.54, 1.807) is 23.3 Å². The molecular weight excluding hydrogens is 659 g/mol. The van der Waals surface area contributed by atoms with Crippen molar-refractivity contribution in [2.45, 2.75) is 61.1 Å². The summed E-state index contributed by atoms with van der Waals surface area (Å²) in [5.41, 5.74) is 13.6. The molecule has 0 atom stereocenters. The van der Waals surface area contributed by atoms with Crippen molar-refractivity contribution in [1.82, 2.24) is 0 Å². The van der Waals surface area contributed by atoms with E-state index < -0.39 is 0 Å². The summed E-state index contributed by atoms with van der Waals surface area (Å²) in [7, 11) is 0. The first-order chi connectivity index (χ1) is 19.5. The van der Waals surface area contributed by atoms with Crippen molar-refractivity contribution in [3.8, 4) is 22.3 Å². The van der Waals surface area contributed by atoms with Crippen molar-refractivity contribution in [1.29, 1.82) is 0 Å². The number of hydrogen-bond donors (Lipinski definition) is 0. The van der Waals surface area contributed by atoms with Crippen LogP contribution in [0.4, 0.5) is 0 Å². The van der Waals surface area contributed by atoms with E-state index in [9.17, 15) is 0 Å². The summed E-state index contributed by atoms with van der Waals surface area (Å²) in [5.74, 6) is 0. The molecule has 0 fully saturated rings. The summed E-state index contributed by atoms with van der Waals surface area (Å²) < 4.78 is 0. The van der Waals surface area contributed by atoms with Gasteiger partial charge in [-0.3, -0.25) is 0 Å². The van der Waals surface area contributed by atoms with Gasteiger partial charge in [0.05, 0.1) is 0 Å². The van der Waals surface area contributed by atoms with Crippen molar-refractivity contribution < 1.29 is 48.1 Å². The molecule has 4 heteroatoms. The fourth-order valence-corrected chi connectivity index (χ4v) is 5.30. The minimum absolute atomic E-state index is 0. The first-order valence-electron chi connectivity index (χ1n) is 14.6. The normalized spacial score (nSPS) is 10.2. The van der Waals surface area contributed by atoms with E-state index in [1.165, 1.54) is 77.2 Å². The molecule has 0 heterocycles. The first kappa shape index (κ1) is 37.0. The number of fused-ring (bicyclic) bond motifs is 2. The zero-order valence-corrected chi connectivity index (χ0v) is 31.7. The Morgan fingerprint density at radius 1 is 0.558 bits per heavy atom. The Balaban J connectivity index is 0.000000257. The molecule has 0 amide bonds. The molecule has 0 nitrogen and oxygen atoms in total. The molecule has 222 valence electrons. The maximum Gasteiger partial charge on any atom is -0.0279 e. The number of benzene rings is 4. The SMILES string of the molecule is CCc1cc2c(-c3ccc(C)cc3)cc(C)cc2[cH-]1.C[Si](C)=[Zr+2].Cc1ccc(-c2cc(C)cc3[cH-]c(C)cc23)cc1.[Cl-].[Cl-]. The van der Waals surface area contributed by atoms with Crippen LogP contribution in [0, 0.1) is 34.6 Å². The Kier molecular flexibility index (Phi) is 14.4. The molecule has 6 aromatic carbocycles. The maximum absolute atomic E-state index is 2.34. The second kappa shape index (κ2) is 16.7. The van der Waals surface area contributed by atoms with Crippen molar-refractivity contribution in [3.63, 3.8) is 0 Å². The monoisotopic (exact) mass is 698 g/mol. The van der Waals surface area contributed by atoms with Gasteiger partial charge in [-0.15, -0.1) is 56.9 Å². The largest absolute Gasteiger partial charge is 1.00 e. The van der Waals surface area contributed by atoms with Crippen LogP contribution in [-0.4, -0.2) is 5.43 Å². The number of rotatable bonds is 3. The molecule has 0 N–H and O–H groups in total. The van der Waals surface area contributed by atoms with Gasteiger partial charge in [-0.25, -0.2) is 0 Å². The summed E-state index contributed by atoms with van der Waals surface area (Å²) >= 11 is 1.74. The average Bonchev–Trinajstić information content (AvgIpc) is 3.51. The smallest absolute Gasteiger partial charge is 0.0279 e. The van der Waals surface area contributed by atoms with Crippen molar-refractivity contribution in [3.05, 3.63) is 130 Å². The van der Waals surface area contributed by atoms with Gasteiger partial charge in [0.15, 0.2) is 0 Å². The molecule has 6 rings (SSSR count). The predicted molar refractivity (Wildman–Crippen MR) is 180 cm³/mol. The van der Waals surface area contributed by atoms with Crippen LogP contribution < -0.4 is 24.8 Å². The van der Waals surface area contributed by atoms with E-state index in [1.807, 2.05) is 0 Å². The third-order valence-corrected chi connectivity index (χ3v) is 7.27. The Labute approximate surface area is 286 Å². The van der Waals surface area contributed by atoms with E-state index in [0.29, 0.717) is 0 Å². The van der Waals surface area contributed by atoms with Gasteiger partial charge in [-0.1, -0.05) is 108 Å². The topological polar surface area (TPSA) is 0 Å². The van der Waals surface area contributed by atoms with Gasteiger partial charge in [-0.05, 0) is 45.2 Å². The Morgan fingerprint density at radius 3 is 1.37 bits per heavy atom. The van der Waals surface area contributed by atoms with Crippen LogP contribution in [0.5, 0.6) is 0 Å². The van der Waals surface area contributed by atoms with Crippen LogP contribution in [0.25, 0.3) is 43.8 Å². The molecule has 0 spiro atoms. The van der Waals surface area contributed by atoms with Gasteiger partial charge >= 0.3 is 41.9 Å². The van der Waals surface area contributed by atoms with Crippen molar-refractivity contribution in [2.75, 3.05) is 0 Å². The van der Waals surface area contributed by atoms with Gasteiger partial charge in [0.1, 0.15) is 0 Å². The summed E-state index contributed by atoms with van der Waals surface area (Å²) in [4.78, 5) is 0. The van der Waals surface area contributed by atoms with E-state index in [-0.39, 0.29) is 30.2 Å². The van der Waals surface area contributed by atoms with Gasteiger partial charge in [-0.2, -0.15) is 12.1 Å². The molecule has 0 saturated heterocycles. The summed E-state index contributed by atoms with van der Waals surface area (Å²) in [5, 5.41) is 5.46. The molecule has 0 bridgehead atoms. The van der Waals surface area contributed by atoms with Crippen LogP contribution in [0.15, 0.2) is 97.1 Å². The summed E-state index contributed by atoms with van der Waals surface area (Å²) in [6.07, 6.45) is 1.10. The van der Waals surface area contributed by atoms with Crippen LogP contribution in [-0.2, 0) is 29.8 Å². The van der Waals surface area contributed by atoms with Crippen LogP contribution in [0.2, 0.25) is 13.1 Å². The Bertz CT molecular complexity index is 1780. The minimum Gasteiger partial charge on any atom is -1.00 e. The molecule has 0 aromatic heterocycles. The number of hydrogen-bond acceptors (Lipinski definition) is 0. The molecule has 6 aromatic rings. The third kappa shape index (κ3) is 9.89. The van der Waals surface area contributed by atoms with Crippen LogP contribution in [0.3, 0.4) is 0 Å². The van der Waals surface area contributed by atoms with Crippen molar-refractivity contribution >= 4 is 27.0 Å². The van der Waals surface area contributed by atoms with E-state index in [4.69, 9.17) is 0 Å². The zero-order valence-electron chi connectivity index (χ0n) is 26.7.